The zero-order valence-corrected chi connectivity index (χ0v) is 7.47. The number of nitroso groups, excluding NO2 is 1. The highest BCUT2D eigenvalue weighted by Crippen LogP contribution is 2.04. The van der Waals surface area contributed by atoms with Crippen molar-refractivity contribution in [2.45, 2.75) is 52.0 Å². The molecule has 3 heteroatoms. The van der Waals surface area contributed by atoms with Gasteiger partial charge < -0.3 is 0 Å². The molecular weight excluding hydrogens is 140 g/mol. The molecule has 0 heterocycles. The van der Waals surface area contributed by atoms with Crippen LogP contribution in [0.1, 0.15) is 46.0 Å². The van der Waals surface area contributed by atoms with E-state index in [9.17, 15) is 4.91 Å². The van der Waals surface area contributed by atoms with Crippen molar-refractivity contribution in [2.24, 2.45) is 5.29 Å². The Morgan fingerprint density at radius 1 is 1.36 bits per heavy atom. The van der Waals surface area contributed by atoms with Gasteiger partial charge in [-0.1, -0.05) is 32.6 Å². The lowest BCUT2D eigenvalue weighted by Crippen LogP contribution is -2.19. The lowest BCUT2D eigenvalue weighted by molar-refractivity contribution is 0.495. The Morgan fingerprint density at radius 3 is 2.64 bits per heavy atom. The van der Waals surface area contributed by atoms with E-state index < -0.39 is 0 Å². The first-order valence-electron chi connectivity index (χ1n) is 4.39. The molecule has 0 aromatic carbocycles. The van der Waals surface area contributed by atoms with Gasteiger partial charge in [0.1, 0.15) is 0 Å². The quantitative estimate of drug-likeness (QED) is 0.351. The van der Waals surface area contributed by atoms with E-state index in [1.54, 1.807) is 0 Å². The predicted molar refractivity (Wildman–Crippen MR) is 47.2 cm³/mol. The number of rotatable bonds is 7. The molecule has 0 aliphatic rings. The number of hydrogen-bond donors (Lipinski definition) is 1. The fourth-order valence-electron chi connectivity index (χ4n) is 1.03. The van der Waals surface area contributed by atoms with Crippen LogP contribution < -0.4 is 5.43 Å². The van der Waals surface area contributed by atoms with Gasteiger partial charge in [0.2, 0.25) is 0 Å². The Hall–Kier alpha value is -0.600. The average Bonchev–Trinajstić information content (AvgIpc) is 1.99. The van der Waals surface area contributed by atoms with Gasteiger partial charge in [-0.3, -0.25) is 5.43 Å². The predicted octanol–water partition coefficient (Wildman–Crippen LogP) is 2.62. The smallest absolute Gasteiger partial charge is 0.0498 e. The van der Waals surface area contributed by atoms with E-state index in [4.69, 9.17) is 0 Å². The average molecular weight is 158 g/mol. The van der Waals surface area contributed by atoms with Crippen molar-refractivity contribution in [3.05, 3.63) is 4.91 Å². The van der Waals surface area contributed by atoms with Crippen molar-refractivity contribution in [1.29, 1.82) is 0 Å². The Kier molecular flexibility index (Phi) is 7.10. The third kappa shape index (κ3) is 7.30. The summed E-state index contributed by atoms with van der Waals surface area (Å²) in [7, 11) is 0. The number of unbranched alkanes of at least 4 members (excludes halogenated alkanes) is 3. The van der Waals surface area contributed by atoms with Crippen LogP contribution in [0.15, 0.2) is 5.29 Å². The maximum absolute atomic E-state index is 9.74. The van der Waals surface area contributed by atoms with E-state index >= 15 is 0 Å². The second-order valence-corrected chi connectivity index (χ2v) is 2.97. The molecular formula is C8H18N2O. The Balaban J connectivity index is 3.03. The maximum Gasteiger partial charge on any atom is 0.0498 e. The topological polar surface area (TPSA) is 41.5 Å². The molecule has 0 fully saturated rings. The van der Waals surface area contributed by atoms with Crippen molar-refractivity contribution >= 4 is 0 Å². The Bertz CT molecular complexity index is 96.1. The molecule has 0 saturated heterocycles. The van der Waals surface area contributed by atoms with E-state index in [0.717, 1.165) is 6.42 Å². The summed E-state index contributed by atoms with van der Waals surface area (Å²) in [5.74, 6) is 0. The van der Waals surface area contributed by atoms with Crippen molar-refractivity contribution in [3.63, 3.8) is 0 Å². The number of nitrogens with one attached hydrogen (secondary N) is 1. The Morgan fingerprint density at radius 2 is 2.09 bits per heavy atom. The van der Waals surface area contributed by atoms with Crippen LogP contribution in [0, 0.1) is 4.91 Å². The molecule has 1 N–H and O–H groups in total. The van der Waals surface area contributed by atoms with Crippen LogP contribution in [-0.4, -0.2) is 6.04 Å². The molecule has 0 aromatic heterocycles. The maximum atomic E-state index is 9.74. The van der Waals surface area contributed by atoms with E-state index in [1.807, 2.05) is 6.92 Å². The van der Waals surface area contributed by atoms with Crippen molar-refractivity contribution in [3.8, 4) is 0 Å². The van der Waals surface area contributed by atoms with Gasteiger partial charge >= 0.3 is 0 Å². The fourth-order valence-corrected chi connectivity index (χ4v) is 1.03. The highest BCUT2D eigenvalue weighted by Gasteiger charge is 1.98. The molecule has 1 atom stereocenters. The summed E-state index contributed by atoms with van der Waals surface area (Å²) in [5.41, 5.74) is 2.49. The lowest BCUT2D eigenvalue weighted by atomic mass is 10.1. The molecule has 66 valence electrons. The third-order valence-electron chi connectivity index (χ3n) is 1.76. The first-order chi connectivity index (χ1) is 5.31. The van der Waals surface area contributed by atoms with E-state index in [2.05, 4.69) is 17.6 Å². The molecule has 0 amide bonds. The van der Waals surface area contributed by atoms with E-state index in [0.29, 0.717) is 0 Å². The summed E-state index contributed by atoms with van der Waals surface area (Å²) in [6.45, 7) is 4.17. The molecule has 0 aromatic rings. The summed E-state index contributed by atoms with van der Waals surface area (Å²) in [5, 5.41) is 2.63. The van der Waals surface area contributed by atoms with Crippen LogP contribution in [0.5, 0.6) is 0 Å². The minimum absolute atomic E-state index is 0.240. The zero-order valence-electron chi connectivity index (χ0n) is 7.47. The van der Waals surface area contributed by atoms with Crippen molar-refractivity contribution < 1.29 is 0 Å². The van der Waals surface area contributed by atoms with Crippen LogP contribution in [0.3, 0.4) is 0 Å². The number of nitrogens with zero attached hydrogens (tertiary/aromatic N) is 1. The van der Waals surface area contributed by atoms with Crippen LogP contribution in [0.25, 0.3) is 0 Å². The molecule has 3 nitrogen and oxygen atoms in total. The van der Waals surface area contributed by atoms with Crippen LogP contribution in [-0.2, 0) is 0 Å². The summed E-state index contributed by atoms with van der Waals surface area (Å²) in [4.78, 5) is 9.74. The van der Waals surface area contributed by atoms with Gasteiger partial charge in [-0.25, -0.2) is 0 Å². The van der Waals surface area contributed by atoms with Gasteiger partial charge in [-0.15, -0.1) is 4.91 Å². The van der Waals surface area contributed by atoms with Crippen molar-refractivity contribution in [1.82, 2.24) is 5.43 Å². The summed E-state index contributed by atoms with van der Waals surface area (Å²) >= 11 is 0. The standard InChI is InChI=1S/C8H18N2O/c1-3-4-5-6-7-8(2)9-10-11/h8H,3-7H2,1-2H3,(H,9,11). The molecule has 0 bridgehead atoms. The van der Waals surface area contributed by atoms with Crippen LogP contribution >= 0.6 is 0 Å². The molecule has 0 aliphatic heterocycles. The fraction of sp³-hybridized carbons (Fsp3) is 1.00. The number of hydrogen-bond acceptors (Lipinski definition) is 2. The molecule has 0 rings (SSSR count). The lowest BCUT2D eigenvalue weighted by Gasteiger charge is -2.06. The van der Waals surface area contributed by atoms with Gasteiger partial charge in [0, 0.05) is 11.3 Å². The molecule has 0 radical (unpaired) electrons. The van der Waals surface area contributed by atoms with Gasteiger partial charge in [-0.05, 0) is 13.3 Å². The summed E-state index contributed by atoms with van der Waals surface area (Å²) in [6, 6.07) is 0.240. The first-order valence-corrected chi connectivity index (χ1v) is 4.39. The van der Waals surface area contributed by atoms with Gasteiger partial charge in [0.05, 0.1) is 0 Å². The highest BCUT2D eigenvalue weighted by molar-refractivity contribution is 4.56. The summed E-state index contributed by atoms with van der Waals surface area (Å²) < 4.78 is 0. The molecule has 0 spiro atoms. The molecule has 11 heavy (non-hydrogen) atoms. The molecule has 0 aliphatic carbocycles. The SMILES string of the molecule is CCCCCCC(C)NN=O. The zero-order chi connectivity index (χ0) is 8.53. The Labute approximate surface area is 68.5 Å². The molecule has 1 unspecified atom stereocenters. The molecule has 0 saturated carbocycles. The minimum Gasteiger partial charge on any atom is -0.271 e. The normalized spacial score (nSPS) is 12.5. The second-order valence-electron chi connectivity index (χ2n) is 2.97. The first kappa shape index (κ1) is 10.4. The van der Waals surface area contributed by atoms with E-state index in [-0.39, 0.29) is 6.04 Å². The van der Waals surface area contributed by atoms with Gasteiger partial charge in [0.25, 0.3) is 0 Å². The minimum atomic E-state index is 0.240. The monoisotopic (exact) mass is 158 g/mol. The van der Waals surface area contributed by atoms with Crippen LogP contribution in [0.2, 0.25) is 0 Å². The largest absolute Gasteiger partial charge is 0.271 e. The van der Waals surface area contributed by atoms with Crippen LogP contribution in [0.4, 0.5) is 0 Å². The summed E-state index contributed by atoms with van der Waals surface area (Å²) in [6.07, 6.45) is 6.06. The third-order valence-corrected chi connectivity index (χ3v) is 1.76. The van der Waals surface area contributed by atoms with E-state index in [1.165, 1.54) is 25.7 Å². The van der Waals surface area contributed by atoms with Gasteiger partial charge in [-0.2, -0.15) is 0 Å². The highest BCUT2D eigenvalue weighted by atomic mass is 16.3. The second kappa shape index (κ2) is 7.51. The van der Waals surface area contributed by atoms with Gasteiger partial charge in [0.15, 0.2) is 0 Å². The van der Waals surface area contributed by atoms with Crippen molar-refractivity contribution in [2.75, 3.05) is 0 Å².